The third-order valence-electron chi connectivity index (χ3n) is 5.26. The van der Waals surface area contributed by atoms with Gasteiger partial charge < -0.3 is 0 Å². The molecule has 3 rings (SSSR count). The number of hydrogen-bond donors (Lipinski definition) is 0. The molecule has 24 heavy (non-hydrogen) atoms. The van der Waals surface area contributed by atoms with Crippen molar-refractivity contribution in [2.45, 2.75) is 70.8 Å². The number of benzene rings is 1. The summed E-state index contributed by atoms with van der Waals surface area (Å²) < 4.78 is 0. The Bertz CT molecular complexity index is 701. The Morgan fingerprint density at radius 3 is 2.62 bits per heavy atom. The van der Waals surface area contributed by atoms with Gasteiger partial charge in [-0.2, -0.15) is 5.26 Å². The Labute approximate surface area is 144 Å². The quantitative estimate of drug-likeness (QED) is 0.763. The molecule has 3 heteroatoms. The number of nitriles is 1. The fourth-order valence-corrected chi connectivity index (χ4v) is 4.07. The van der Waals surface area contributed by atoms with Crippen molar-refractivity contribution in [1.29, 1.82) is 5.26 Å². The summed E-state index contributed by atoms with van der Waals surface area (Å²) in [5.74, 6) is 0.561. The molecule has 2 aliphatic rings. The van der Waals surface area contributed by atoms with E-state index >= 15 is 0 Å². The van der Waals surface area contributed by atoms with E-state index in [2.05, 4.69) is 19.9 Å². The van der Waals surface area contributed by atoms with E-state index in [1.165, 1.54) is 25.7 Å². The first kappa shape index (κ1) is 16.9. The predicted octanol–water partition coefficient (Wildman–Crippen LogP) is 4.61. The van der Waals surface area contributed by atoms with Gasteiger partial charge in [-0.3, -0.25) is 9.79 Å². The number of fused-ring (bicyclic) bond motifs is 1. The van der Waals surface area contributed by atoms with Crippen molar-refractivity contribution in [3.05, 3.63) is 34.9 Å². The van der Waals surface area contributed by atoms with Crippen LogP contribution in [0.5, 0.6) is 0 Å². The van der Waals surface area contributed by atoms with Gasteiger partial charge in [0, 0.05) is 12.3 Å². The number of carbonyl (C=O) groups excluding carboxylic acids is 1. The molecule has 3 nitrogen and oxygen atoms in total. The Morgan fingerprint density at radius 1 is 1.25 bits per heavy atom. The van der Waals surface area contributed by atoms with E-state index in [-0.39, 0.29) is 11.5 Å². The first-order valence-electron chi connectivity index (χ1n) is 9.13. The van der Waals surface area contributed by atoms with Gasteiger partial charge in [-0.25, -0.2) is 0 Å². The molecule has 1 saturated carbocycles. The minimum absolute atomic E-state index is 0.208. The number of ketones is 1. The van der Waals surface area contributed by atoms with Gasteiger partial charge in [0.25, 0.3) is 0 Å². The molecular formula is C21H26N2O. The SMILES string of the molecule is CC1(C)Cc2cc(C#N)ccc2C(CC(=O)C2CCCCCC2)=N1. The summed E-state index contributed by atoms with van der Waals surface area (Å²) in [4.78, 5) is 17.7. The van der Waals surface area contributed by atoms with Crippen LogP contribution in [0, 0.1) is 17.2 Å². The third-order valence-corrected chi connectivity index (χ3v) is 5.26. The van der Waals surface area contributed by atoms with Crippen LogP contribution in [-0.4, -0.2) is 17.0 Å². The molecule has 0 unspecified atom stereocenters. The standard InChI is InChI=1S/C21H26N2O/c1-21(2)13-17-11-15(14-22)9-10-18(17)19(23-21)12-20(24)16-7-5-3-4-6-8-16/h9-11,16H,3-8,12-13H2,1-2H3. The van der Waals surface area contributed by atoms with E-state index in [0.29, 0.717) is 17.8 Å². The predicted molar refractivity (Wildman–Crippen MR) is 96.3 cm³/mol. The van der Waals surface area contributed by atoms with Crippen molar-refractivity contribution in [3.63, 3.8) is 0 Å². The molecule has 126 valence electrons. The molecule has 0 bridgehead atoms. The van der Waals surface area contributed by atoms with Crippen molar-refractivity contribution in [3.8, 4) is 6.07 Å². The fraction of sp³-hybridized carbons (Fsp3) is 0.571. The second-order valence-electron chi connectivity index (χ2n) is 7.86. The van der Waals surface area contributed by atoms with E-state index in [1.54, 1.807) is 0 Å². The highest BCUT2D eigenvalue weighted by Crippen LogP contribution is 2.31. The van der Waals surface area contributed by atoms with Crippen molar-refractivity contribution in [2.75, 3.05) is 0 Å². The average molecular weight is 322 g/mol. The Balaban J connectivity index is 1.85. The maximum absolute atomic E-state index is 12.8. The van der Waals surface area contributed by atoms with Crippen LogP contribution in [0.4, 0.5) is 0 Å². The number of rotatable bonds is 3. The maximum atomic E-state index is 12.8. The van der Waals surface area contributed by atoms with Crippen molar-refractivity contribution >= 4 is 11.5 Å². The van der Waals surface area contributed by atoms with Gasteiger partial charge in [-0.1, -0.05) is 31.7 Å². The summed E-state index contributed by atoms with van der Waals surface area (Å²) >= 11 is 0. The average Bonchev–Trinajstić information content (AvgIpc) is 2.82. The monoisotopic (exact) mass is 322 g/mol. The summed E-state index contributed by atoms with van der Waals surface area (Å²) in [6, 6.07) is 7.98. The second kappa shape index (κ2) is 6.89. The van der Waals surface area contributed by atoms with Gasteiger partial charge in [0.15, 0.2) is 0 Å². The van der Waals surface area contributed by atoms with E-state index in [1.807, 2.05) is 18.2 Å². The Kier molecular flexibility index (Phi) is 4.85. The Morgan fingerprint density at radius 2 is 1.96 bits per heavy atom. The number of hydrogen-bond acceptors (Lipinski definition) is 3. The van der Waals surface area contributed by atoms with Gasteiger partial charge in [0.05, 0.1) is 22.9 Å². The molecule has 0 spiro atoms. The molecule has 0 N–H and O–H groups in total. The molecule has 0 amide bonds. The molecular weight excluding hydrogens is 296 g/mol. The molecule has 0 atom stereocenters. The van der Waals surface area contributed by atoms with Crippen LogP contribution in [0.25, 0.3) is 0 Å². The highest BCUT2D eigenvalue weighted by Gasteiger charge is 2.29. The zero-order valence-corrected chi connectivity index (χ0v) is 14.8. The molecule has 1 aliphatic heterocycles. The summed E-state index contributed by atoms with van der Waals surface area (Å²) in [5, 5.41) is 9.14. The fourth-order valence-electron chi connectivity index (χ4n) is 4.07. The zero-order chi connectivity index (χ0) is 17.2. The normalized spacial score (nSPS) is 20.5. The van der Waals surface area contributed by atoms with Crippen molar-refractivity contribution < 1.29 is 4.79 Å². The summed E-state index contributed by atoms with van der Waals surface area (Å²) in [5.41, 5.74) is 3.61. The van der Waals surface area contributed by atoms with Crippen LogP contribution in [0.15, 0.2) is 23.2 Å². The molecule has 1 aliphatic carbocycles. The Hall–Kier alpha value is -1.95. The van der Waals surface area contributed by atoms with E-state index < -0.39 is 0 Å². The lowest BCUT2D eigenvalue weighted by atomic mass is 9.83. The van der Waals surface area contributed by atoms with Crippen LogP contribution in [-0.2, 0) is 11.2 Å². The maximum Gasteiger partial charge on any atom is 0.141 e. The largest absolute Gasteiger partial charge is 0.299 e. The van der Waals surface area contributed by atoms with Crippen LogP contribution in [0.2, 0.25) is 0 Å². The smallest absolute Gasteiger partial charge is 0.141 e. The first-order chi connectivity index (χ1) is 11.5. The lowest BCUT2D eigenvalue weighted by molar-refractivity contribution is -0.122. The van der Waals surface area contributed by atoms with Crippen LogP contribution in [0.3, 0.4) is 0 Å². The van der Waals surface area contributed by atoms with Crippen molar-refractivity contribution in [2.24, 2.45) is 10.9 Å². The zero-order valence-electron chi connectivity index (χ0n) is 14.8. The molecule has 1 fully saturated rings. The minimum atomic E-state index is -0.208. The van der Waals surface area contributed by atoms with Crippen molar-refractivity contribution in [1.82, 2.24) is 0 Å². The third kappa shape index (κ3) is 3.75. The summed E-state index contributed by atoms with van der Waals surface area (Å²) in [6.45, 7) is 4.20. The summed E-state index contributed by atoms with van der Waals surface area (Å²) in [6.07, 6.45) is 8.21. The highest BCUT2D eigenvalue weighted by atomic mass is 16.1. The first-order valence-corrected chi connectivity index (χ1v) is 9.13. The minimum Gasteiger partial charge on any atom is -0.299 e. The number of Topliss-reactive ketones (excluding diaryl/α,β-unsaturated/α-hetero) is 1. The van der Waals surface area contributed by atoms with Crippen LogP contribution in [0.1, 0.15) is 75.5 Å². The molecule has 1 aromatic rings. The molecule has 1 heterocycles. The van der Waals surface area contributed by atoms with E-state index in [9.17, 15) is 4.79 Å². The van der Waals surface area contributed by atoms with Crippen LogP contribution >= 0.6 is 0 Å². The number of nitrogens with zero attached hydrogens (tertiary/aromatic N) is 2. The number of carbonyl (C=O) groups is 1. The summed E-state index contributed by atoms with van der Waals surface area (Å²) in [7, 11) is 0. The van der Waals surface area contributed by atoms with E-state index in [0.717, 1.165) is 36.1 Å². The number of aliphatic imine (C=N–C) groups is 1. The van der Waals surface area contributed by atoms with Gasteiger partial charge in [0.1, 0.15) is 5.78 Å². The van der Waals surface area contributed by atoms with Crippen LogP contribution < -0.4 is 0 Å². The van der Waals surface area contributed by atoms with Gasteiger partial charge in [-0.05, 0) is 56.4 Å². The molecule has 0 radical (unpaired) electrons. The second-order valence-corrected chi connectivity index (χ2v) is 7.86. The van der Waals surface area contributed by atoms with E-state index in [4.69, 9.17) is 10.3 Å². The van der Waals surface area contributed by atoms with Gasteiger partial charge >= 0.3 is 0 Å². The topological polar surface area (TPSA) is 53.2 Å². The highest BCUT2D eigenvalue weighted by molar-refractivity contribution is 6.13. The molecule has 0 aromatic heterocycles. The van der Waals surface area contributed by atoms with Gasteiger partial charge in [-0.15, -0.1) is 0 Å². The molecule has 1 aromatic carbocycles. The van der Waals surface area contributed by atoms with Gasteiger partial charge in [0.2, 0.25) is 0 Å². The lowest BCUT2D eigenvalue weighted by Crippen LogP contribution is -2.31. The molecule has 0 saturated heterocycles. The lowest BCUT2D eigenvalue weighted by Gasteiger charge is -2.29.